The number of carbonyl (C=O) groups is 1. The summed E-state index contributed by atoms with van der Waals surface area (Å²) >= 11 is 0. The molecule has 4 aromatic rings. The van der Waals surface area contributed by atoms with Crippen molar-refractivity contribution in [3.05, 3.63) is 113 Å². The van der Waals surface area contributed by atoms with Crippen LogP contribution in [-0.4, -0.2) is 53.5 Å². The Hall–Kier alpha value is -4.22. The summed E-state index contributed by atoms with van der Waals surface area (Å²) in [6.45, 7) is 8.73. The van der Waals surface area contributed by atoms with Gasteiger partial charge in [0.25, 0.3) is 10.1 Å². The number of nitrogens with one attached hydrogen (secondary N) is 1. The normalized spacial score (nSPS) is 12.5. The first kappa shape index (κ1) is 33.3. The highest BCUT2D eigenvalue weighted by Crippen LogP contribution is 2.30. The molecule has 0 aliphatic heterocycles. The first-order valence-corrected chi connectivity index (χ1v) is 15.0. The molecule has 0 saturated heterocycles. The molecule has 0 bridgehead atoms. The predicted molar refractivity (Wildman–Crippen MR) is 165 cm³/mol. The van der Waals surface area contributed by atoms with Gasteiger partial charge >= 0.3 is 5.97 Å². The van der Waals surface area contributed by atoms with E-state index < -0.39 is 22.2 Å². The van der Waals surface area contributed by atoms with Gasteiger partial charge in [0, 0.05) is 12.6 Å². The fourth-order valence-electron chi connectivity index (χ4n) is 4.37. The van der Waals surface area contributed by atoms with Crippen LogP contribution in [0.25, 0.3) is 11.1 Å². The Morgan fingerprint density at radius 3 is 1.93 bits per heavy atom. The van der Waals surface area contributed by atoms with Gasteiger partial charge in [-0.2, -0.15) is 8.42 Å². The van der Waals surface area contributed by atoms with Crippen LogP contribution in [0.5, 0.6) is 11.5 Å². The highest BCUT2D eigenvalue weighted by molar-refractivity contribution is 7.85. The number of aliphatic hydroxyl groups is 1. The SMILES string of the molecule is Cc1cc(-c2ccc(C(=O)O)cc2)cc(C)c1OCCN[C@@H](C)[C@H](O)c1ccc(O)cc1.Cc1ccc(S(=O)(=O)O)cc1. The second-order valence-corrected chi connectivity index (χ2v) is 11.7. The van der Waals surface area contributed by atoms with Crippen LogP contribution in [0.15, 0.2) is 89.8 Å². The van der Waals surface area contributed by atoms with Gasteiger partial charge in [-0.05, 0) is 104 Å². The summed E-state index contributed by atoms with van der Waals surface area (Å²) in [5, 5.41) is 32.2. The van der Waals surface area contributed by atoms with Crippen LogP contribution in [0.1, 0.15) is 45.6 Å². The van der Waals surface area contributed by atoms with Crippen molar-refractivity contribution in [2.45, 2.75) is 44.7 Å². The lowest BCUT2D eigenvalue weighted by Gasteiger charge is -2.21. The second kappa shape index (κ2) is 14.8. The average Bonchev–Trinajstić information content (AvgIpc) is 2.96. The molecule has 2 atom stereocenters. The van der Waals surface area contributed by atoms with E-state index in [0.717, 1.165) is 39.1 Å². The van der Waals surface area contributed by atoms with E-state index in [-0.39, 0.29) is 22.3 Å². The fraction of sp³-hybridized carbons (Fsp3) is 0.242. The summed E-state index contributed by atoms with van der Waals surface area (Å²) in [5.74, 6) is 0.0552. The molecule has 0 spiro atoms. The van der Waals surface area contributed by atoms with Gasteiger partial charge in [0.15, 0.2) is 0 Å². The number of aryl methyl sites for hydroxylation is 3. The van der Waals surface area contributed by atoms with Crippen molar-refractivity contribution in [2.24, 2.45) is 0 Å². The molecule has 43 heavy (non-hydrogen) atoms. The molecule has 0 aromatic heterocycles. The fourth-order valence-corrected chi connectivity index (χ4v) is 4.85. The molecule has 0 saturated carbocycles. The minimum atomic E-state index is -4.02. The summed E-state index contributed by atoms with van der Waals surface area (Å²) in [6.07, 6.45) is -0.689. The van der Waals surface area contributed by atoms with Crippen LogP contribution in [0.3, 0.4) is 0 Å². The maximum absolute atomic E-state index is 11.0. The monoisotopic (exact) mass is 607 g/mol. The molecule has 0 unspecified atom stereocenters. The van der Waals surface area contributed by atoms with Crippen molar-refractivity contribution in [3.63, 3.8) is 0 Å². The molecule has 0 radical (unpaired) electrons. The summed E-state index contributed by atoms with van der Waals surface area (Å²) in [5.41, 5.74) is 5.91. The minimum absolute atomic E-state index is 0.0666. The van der Waals surface area contributed by atoms with Crippen LogP contribution in [-0.2, 0) is 10.1 Å². The summed E-state index contributed by atoms with van der Waals surface area (Å²) in [7, 11) is -4.02. The number of ether oxygens (including phenoxy) is 1. The zero-order valence-electron chi connectivity index (χ0n) is 24.5. The molecule has 4 aromatic carbocycles. The molecule has 0 heterocycles. The van der Waals surface area contributed by atoms with Gasteiger partial charge in [-0.1, -0.05) is 42.0 Å². The topological polar surface area (TPSA) is 153 Å². The zero-order valence-corrected chi connectivity index (χ0v) is 25.3. The molecule has 9 nitrogen and oxygen atoms in total. The van der Waals surface area contributed by atoms with Gasteiger partial charge in [0.1, 0.15) is 18.1 Å². The molecule has 4 rings (SSSR count). The number of rotatable bonds is 10. The summed E-state index contributed by atoms with van der Waals surface area (Å²) in [6, 6.07) is 23.2. The lowest BCUT2D eigenvalue weighted by Crippen LogP contribution is -2.35. The van der Waals surface area contributed by atoms with Gasteiger partial charge in [-0.25, -0.2) is 4.79 Å². The standard InChI is InChI=1S/C26H29NO5.C7H8O3S/c1-16-14-22(19-4-6-21(7-5-19)26(30)31)15-17(2)25(16)32-13-12-27-18(3)24(29)20-8-10-23(28)11-9-20;1-6-2-4-7(5-3-6)11(8,9)10/h4-11,14-15,18,24,27-29H,12-13H2,1-3H3,(H,30,31);2-5H,1H3,(H,8,9,10)/t18-,24-;/m0./s1. The number of hydrogen-bond donors (Lipinski definition) is 5. The Bertz CT molecular complexity index is 1590. The average molecular weight is 608 g/mol. The third-order valence-corrected chi connectivity index (χ3v) is 7.64. The van der Waals surface area contributed by atoms with Crippen molar-refractivity contribution in [1.29, 1.82) is 0 Å². The third kappa shape index (κ3) is 9.65. The van der Waals surface area contributed by atoms with Crippen LogP contribution in [0.2, 0.25) is 0 Å². The smallest absolute Gasteiger partial charge is 0.335 e. The number of aliphatic hydroxyl groups excluding tert-OH is 1. The lowest BCUT2D eigenvalue weighted by atomic mass is 9.99. The maximum Gasteiger partial charge on any atom is 0.335 e. The van der Waals surface area contributed by atoms with Gasteiger partial charge in [0.05, 0.1) is 16.6 Å². The predicted octanol–water partition coefficient (Wildman–Crippen LogP) is 5.71. The zero-order chi connectivity index (χ0) is 31.7. The molecular formula is C33H37NO8S. The first-order valence-electron chi connectivity index (χ1n) is 13.6. The third-order valence-electron chi connectivity index (χ3n) is 6.77. The van der Waals surface area contributed by atoms with Gasteiger partial charge in [-0.15, -0.1) is 0 Å². The molecule has 0 fully saturated rings. The number of carboxylic acid groups (broad SMARTS) is 1. The maximum atomic E-state index is 11.0. The Kier molecular flexibility index (Phi) is 11.4. The molecule has 10 heteroatoms. The number of benzene rings is 4. The number of aromatic carboxylic acids is 1. The Morgan fingerprint density at radius 1 is 0.860 bits per heavy atom. The van der Waals surface area contributed by atoms with Gasteiger partial charge < -0.3 is 25.4 Å². The highest BCUT2D eigenvalue weighted by Gasteiger charge is 2.16. The van der Waals surface area contributed by atoms with Crippen LogP contribution >= 0.6 is 0 Å². The number of carboxylic acids is 1. The van der Waals surface area contributed by atoms with Crippen molar-refractivity contribution in [2.75, 3.05) is 13.2 Å². The first-order chi connectivity index (χ1) is 20.3. The second-order valence-electron chi connectivity index (χ2n) is 10.2. The van der Waals surface area contributed by atoms with Crippen molar-refractivity contribution in [3.8, 4) is 22.6 Å². The summed E-state index contributed by atoms with van der Waals surface area (Å²) < 4.78 is 35.6. The van der Waals surface area contributed by atoms with E-state index in [0.29, 0.717) is 13.2 Å². The van der Waals surface area contributed by atoms with Crippen LogP contribution in [0, 0.1) is 20.8 Å². The Morgan fingerprint density at radius 2 is 1.42 bits per heavy atom. The molecule has 0 aliphatic carbocycles. The number of phenols is 1. The Balaban J connectivity index is 0.000000386. The number of hydrogen-bond acceptors (Lipinski definition) is 7. The van der Waals surface area contributed by atoms with Crippen molar-refractivity contribution in [1.82, 2.24) is 5.32 Å². The highest BCUT2D eigenvalue weighted by atomic mass is 32.2. The largest absolute Gasteiger partial charge is 0.508 e. The van der Waals surface area contributed by atoms with E-state index in [1.54, 1.807) is 48.5 Å². The molecule has 0 aliphatic rings. The van der Waals surface area contributed by atoms with Crippen LogP contribution in [0.4, 0.5) is 0 Å². The number of aromatic hydroxyl groups is 1. The van der Waals surface area contributed by atoms with E-state index in [2.05, 4.69) is 5.32 Å². The Labute approximate surface area is 252 Å². The molecule has 5 N–H and O–H groups in total. The van der Waals surface area contributed by atoms with E-state index in [4.69, 9.17) is 14.4 Å². The van der Waals surface area contributed by atoms with E-state index >= 15 is 0 Å². The minimum Gasteiger partial charge on any atom is -0.508 e. The lowest BCUT2D eigenvalue weighted by molar-refractivity contribution is 0.0697. The van der Waals surface area contributed by atoms with E-state index in [9.17, 15) is 23.4 Å². The van der Waals surface area contributed by atoms with Crippen molar-refractivity contribution < 1.29 is 37.8 Å². The van der Waals surface area contributed by atoms with Crippen molar-refractivity contribution >= 4 is 16.1 Å². The quantitative estimate of drug-likeness (QED) is 0.113. The molecule has 228 valence electrons. The molecule has 0 amide bonds. The van der Waals surface area contributed by atoms with Gasteiger partial charge in [0.2, 0.25) is 0 Å². The van der Waals surface area contributed by atoms with E-state index in [1.807, 2.05) is 52.0 Å². The van der Waals surface area contributed by atoms with E-state index in [1.165, 1.54) is 12.1 Å². The van der Waals surface area contributed by atoms with Crippen LogP contribution < -0.4 is 10.1 Å². The summed E-state index contributed by atoms with van der Waals surface area (Å²) in [4.78, 5) is 11.0. The molecular weight excluding hydrogens is 570 g/mol. The number of phenolic OH excluding ortho intramolecular Hbond substituents is 1. The van der Waals surface area contributed by atoms with Gasteiger partial charge in [-0.3, -0.25) is 4.55 Å².